The first-order valence-corrected chi connectivity index (χ1v) is 7.38. The van der Waals surface area contributed by atoms with Gasteiger partial charge in [0.05, 0.1) is 6.04 Å². The maximum absolute atomic E-state index is 5.93. The van der Waals surface area contributed by atoms with Crippen molar-refractivity contribution in [2.45, 2.75) is 38.1 Å². The summed E-state index contributed by atoms with van der Waals surface area (Å²) in [5.41, 5.74) is 7.60. The maximum atomic E-state index is 5.93. The van der Waals surface area contributed by atoms with Gasteiger partial charge in [0, 0.05) is 15.7 Å². The van der Waals surface area contributed by atoms with Gasteiger partial charge in [0.25, 0.3) is 0 Å². The molecule has 0 bridgehead atoms. The van der Waals surface area contributed by atoms with Crippen LogP contribution in [0.2, 0.25) is 0 Å². The first-order chi connectivity index (χ1) is 9.25. The van der Waals surface area contributed by atoms with Gasteiger partial charge in [0.1, 0.15) is 0 Å². The van der Waals surface area contributed by atoms with Crippen LogP contribution in [0.1, 0.15) is 38.1 Å². The van der Waals surface area contributed by atoms with Crippen molar-refractivity contribution in [3.63, 3.8) is 0 Å². The van der Waals surface area contributed by atoms with Crippen LogP contribution in [0.3, 0.4) is 0 Å². The number of tetrazole rings is 1. The fraction of sp³-hybridized carbons (Fsp3) is 0.462. The molecule has 1 aromatic carbocycles. The number of aromatic nitrogens is 4. The van der Waals surface area contributed by atoms with Crippen molar-refractivity contribution in [2.24, 2.45) is 0 Å². The number of nitrogen functional groups attached to an aromatic ring is 1. The summed E-state index contributed by atoms with van der Waals surface area (Å²) in [7, 11) is 0. The molecule has 1 saturated carbocycles. The molecule has 1 aliphatic rings. The molecule has 1 aromatic heterocycles. The minimum Gasteiger partial charge on any atom is -0.398 e. The summed E-state index contributed by atoms with van der Waals surface area (Å²) >= 11 is 3.40. The van der Waals surface area contributed by atoms with Crippen LogP contribution < -0.4 is 5.73 Å². The SMILES string of the molecule is Nc1cc(-c2nnnn2C2CCCCC2)ccc1Br. The number of hydrogen-bond acceptors (Lipinski definition) is 4. The minimum atomic E-state index is 0.420. The van der Waals surface area contributed by atoms with Gasteiger partial charge in [-0.2, -0.15) is 0 Å². The minimum absolute atomic E-state index is 0.420. The smallest absolute Gasteiger partial charge is 0.182 e. The third-order valence-corrected chi connectivity index (χ3v) is 4.39. The van der Waals surface area contributed by atoms with Gasteiger partial charge in [0.2, 0.25) is 0 Å². The lowest BCUT2D eigenvalue weighted by Crippen LogP contribution is -2.15. The summed E-state index contributed by atoms with van der Waals surface area (Å²) in [4.78, 5) is 0. The lowest BCUT2D eigenvalue weighted by Gasteiger charge is -2.22. The summed E-state index contributed by atoms with van der Waals surface area (Å²) in [6.07, 6.45) is 6.15. The Hall–Kier alpha value is -1.43. The second-order valence-electron chi connectivity index (χ2n) is 4.98. The van der Waals surface area contributed by atoms with E-state index in [2.05, 4.69) is 31.5 Å². The van der Waals surface area contributed by atoms with Crippen LogP contribution in [0.5, 0.6) is 0 Å². The van der Waals surface area contributed by atoms with E-state index in [0.717, 1.165) is 28.7 Å². The van der Waals surface area contributed by atoms with Crippen molar-refractivity contribution in [1.29, 1.82) is 0 Å². The van der Waals surface area contributed by atoms with Crippen LogP contribution in [0.15, 0.2) is 22.7 Å². The molecule has 0 radical (unpaired) electrons. The molecule has 1 aliphatic carbocycles. The van der Waals surface area contributed by atoms with E-state index >= 15 is 0 Å². The molecule has 0 atom stereocenters. The van der Waals surface area contributed by atoms with Crippen LogP contribution >= 0.6 is 15.9 Å². The molecule has 6 heteroatoms. The van der Waals surface area contributed by atoms with E-state index in [9.17, 15) is 0 Å². The van der Waals surface area contributed by atoms with Gasteiger partial charge in [-0.25, -0.2) is 4.68 Å². The normalized spacial score (nSPS) is 16.7. The number of benzene rings is 1. The second kappa shape index (κ2) is 5.28. The van der Waals surface area contributed by atoms with E-state index in [1.165, 1.54) is 19.3 Å². The third kappa shape index (κ3) is 2.49. The Kier molecular flexibility index (Phi) is 3.50. The highest BCUT2D eigenvalue weighted by Crippen LogP contribution is 2.32. The van der Waals surface area contributed by atoms with Crippen molar-refractivity contribution >= 4 is 21.6 Å². The number of hydrogen-bond donors (Lipinski definition) is 1. The Morgan fingerprint density at radius 2 is 2.00 bits per heavy atom. The van der Waals surface area contributed by atoms with E-state index < -0.39 is 0 Å². The molecule has 0 saturated heterocycles. The molecule has 100 valence electrons. The summed E-state index contributed by atoms with van der Waals surface area (Å²) < 4.78 is 2.86. The van der Waals surface area contributed by atoms with Crippen LogP contribution in [0.4, 0.5) is 5.69 Å². The van der Waals surface area contributed by atoms with E-state index in [1.54, 1.807) is 0 Å². The molecular weight excluding hydrogens is 306 g/mol. The van der Waals surface area contributed by atoms with Gasteiger partial charge in [-0.05, 0) is 57.4 Å². The van der Waals surface area contributed by atoms with Crippen molar-refractivity contribution in [3.8, 4) is 11.4 Å². The van der Waals surface area contributed by atoms with Gasteiger partial charge in [-0.3, -0.25) is 0 Å². The number of rotatable bonds is 2. The fourth-order valence-electron chi connectivity index (χ4n) is 2.64. The largest absolute Gasteiger partial charge is 0.398 e. The van der Waals surface area contributed by atoms with E-state index in [0.29, 0.717) is 11.7 Å². The molecular formula is C13H16BrN5. The predicted octanol–water partition coefficient (Wildman–Crippen LogP) is 3.19. The monoisotopic (exact) mass is 321 g/mol. The number of anilines is 1. The lowest BCUT2D eigenvalue weighted by molar-refractivity contribution is 0.327. The zero-order chi connectivity index (χ0) is 13.2. The quantitative estimate of drug-likeness (QED) is 0.862. The van der Waals surface area contributed by atoms with Crippen molar-refractivity contribution in [3.05, 3.63) is 22.7 Å². The molecule has 0 aliphatic heterocycles. The van der Waals surface area contributed by atoms with Gasteiger partial charge >= 0.3 is 0 Å². The van der Waals surface area contributed by atoms with Crippen LogP contribution in [0.25, 0.3) is 11.4 Å². The molecule has 2 N–H and O–H groups in total. The summed E-state index contributed by atoms with van der Waals surface area (Å²) in [6.45, 7) is 0. The lowest BCUT2D eigenvalue weighted by atomic mass is 9.95. The molecule has 0 unspecified atom stereocenters. The number of nitrogens with two attached hydrogens (primary N) is 1. The van der Waals surface area contributed by atoms with Gasteiger partial charge in [-0.15, -0.1) is 5.10 Å². The second-order valence-corrected chi connectivity index (χ2v) is 5.83. The van der Waals surface area contributed by atoms with E-state index in [4.69, 9.17) is 5.73 Å². The molecule has 1 heterocycles. The van der Waals surface area contributed by atoms with Gasteiger partial charge in [0.15, 0.2) is 5.82 Å². The average Bonchev–Trinajstić information content (AvgIpc) is 2.92. The predicted molar refractivity (Wildman–Crippen MR) is 77.5 cm³/mol. The van der Waals surface area contributed by atoms with Crippen molar-refractivity contribution in [1.82, 2.24) is 20.2 Å². The topological polar surface area (TPSA) is 69.6 Å². The molecule has 1 fully saturated rings. The van der Waals surface area contributed by atoms with Crippen LogP contribution in [0, 0.1) is 0 Å². The van der Waals surface area contributed by atoms with Crippen LogP contribution in [-0.4, -0.2) is 20.2 Å². The average molecular weight is 322 g/mol. The Labute approximate surface area is 120 Å². The highest BCUT2D eigenvalue weighted by atomic mass is 79.9. The summed E-state index contributed by atoms with van der Waals surface area (Å²) in [6, 6.07) is 6.26. The fourth-order valence-corrected chi connectivity index (χ4v) is 2.88. The van der Waals surface area contributed by atoms with E-state index in [-0.39, 0.29) is 0 Å². The highest BCUT2D eigenvalue weighted by Gasteiger charge is 2.20. The third-order valence-electron chi connectivity index (χ3n) is 3.67. The molecule has 2 aromatic rings. The zero-order valence-corrected chi connectivity index (χ0v) is 12.2. The first-order valence-electron chi connectivity index (χ1n) is 6.59. The Bertz CT molecular complexity index is 574. The summed E-state index contributed by atoms with van der Waals surface area (Å²) in [5.74, 6) is 0.811. The number of halogens is 1. The zero-order valence-electron chi connectivity index (χ0n) is 10.6. The van der Waals surface area contributed by atoms with Gasteiger partial charge < -0.3 is 5.73 Å². The maximum Gasteiger partial charge on any atom is 0.182 e. The molecule has 19 heavy (non-hydrogen) atoms. The van der Waals surface area contributed by atoms with Crippen molar-refractivity contribution in [2.75, 3.05) is 5.73 Å². The highest BCUT2D eigenvalue weighted by molar-refractivity contribution is 9.10. The number of nitrogens with zero attached hydrogens (tertiary/aromatic N) is 4. The van der Waals surface area contributed by atoms with Crippen LogP contribution in [-0.2, 0) is 0 Å². The molecule has 5 nitrogen and oxygen atoms in total. The van der Waals surface area contributed by atoms with Crippen molar-refractivity contribution < 1.29 is 0 Å². The Balaban J connectivity index is 1.96. The Morgan fingerprint density at radius 3 is 2.74 bits per heavy atom. The standard InChI is InChI=1S/C13H16BrN5/c14-11-7-6-9(8-12(11)15)13-16-17-18-19(13)10-4-2-1-3-5-10/h6-8,10H,1-5,15H2. The molecule has 0 amide bonds. The first kappa shape index (κ1) is 12.6. The molecule has 0 spiro atoms. The summed E-state index contributed by atoms with van der Waals surface area (Å²) in [5, 5.41) is 12.2. The molecule has 3 rings (SSSR count). The van der Waals surface area contributed by atoms with E-state index in [1.807, 2.05) is 22.9 Å². The van der Waals surface area contributed by atoms with Gasteiger partial charge in [-0.1, -0.05) is 19.3 Å². The Morgan fingerprint density at radius 1 is 1.21 bits per heavy atom.